The zero-order valence-electron chi connectivity index (χ0n) is 18.1. The number of nitrogens with one attached hydrogen (secondary N) is 1. The second-order valence-electron chi connectivity index (χ2n) is 7.91. The fourth-order valence-electron chi connectivity index (χ4n) is 4.54. The molecule has 0 saturated heterocycles. The van der Waals surface area contributed by atoms with Gasteiger partial charge >= 0.3 is 0 Å². The standard InChI is InChI=1S/C27H26N2O3/c1-2-31-21-12-8-9-19(17-21)27-26-23(22-13-6-7-14-24(22)28-26)15-16-29(27)25(30)18-32-20-10-4-3-5-11-20/h3-14,17,27-28H,2,15-16,18H2,1H3. The van der Waals surface area contributed by atoms with Crippen molar-refractivity contribution in [1.82, 2.24) is 9.88 Å². The van der Waals surface area contributed by atoms with Crippen molar-refractivity contribution in [3.05, 3.63) is 95.7 Å². The Morgan fingerprint density at radius 2 is 1.75 bits per heavy atom. The molecule has 1 aromatic heterocycles. The summed E-state index contributed by atoms with van der Waals surface area (Å²) in [5, 5.41) is 1.22. The van der Waals surface area contributed by atoms with Gasteiger partial charge in [0.1, 0.15) is 11.5 Å². The van der Waals surface area contributed by atoms with Crippen LogP contribution in [0.1, 0.15) is 29.8 Å². The van der Waals surface area contributed by atoms with Crippen molar-refractivity contribution in [3.63, 3.8) is 0 Å². The molecule has 162 valence electrons. The number of rotatable bonds is 6. The first-order valence-corrected chi connectivity index (χ1v) is 11.0. The van der Waals surface area contributed by atoms with Gasteiger partial charge in [0, 0.05) is 23.1 Å². The molecule has 1 atom stereocenters. The summed E-state index contributed by atoms with van der Waals surface area (Å²) in [7, 11) is 0. The number of H-pyrrole nitrogens is 1. The molecule has 1 unspecified atom stereocenters. The molecule has 1 amide bonds. The highest BCUT2D eigenvalue weighted by atomic mass is 16.5. The Morgan fingerprint density at radius 1 is 0.969 bits per heavy atom. The van der Waals surface area contributed by atoms with Crippen LogP contribution < -0.4 is 9.47 Å². The zero-order valence-corrected chi connectivity index (χ0v) is 18.1. The van der Waals surface area contributed by atoms with Gasteiger partial charge in [-0.3, -0.25) is 4.79 Å². The molecular formula is C27H26N2O3. The second kappa shape index (κ2) is 8.79. The number of aromatic amines is 1. The number of hydrogen-bond acceptors (Lipinski definition) is 3. The van der Waals surface area contributed by atoms with Crippen LogP contribution in [-0.2, 0) is 11.2 Å². The summed E-state index contributed by atoms with van der Waals surface area (Å²) in [4.78, 5) is 18.9. The van der Waals surface area contributed by atoms with Crippen molar-refractivity contribution < 1.29 is 14.3 Å². The molecule has 32 heavy (non-hydrogen) atoms. The molecule has 5 rings (SSSR count). The van der Waals surface area contributed by atoms with Crippen LogP contribution in [0.25, 0.3) is 10.9 Å². The molecule has 1 aliphatic rings. The predicted octanol–water partition coefficient (Wildman–Crippen LogP) is 5.12. The molecular weight excluding hydrogens is 400 g/mol. The summed E-state index contributed by atoms with van der Waals surface area (Å²) in [5.41, 5.74) is 4.47. The molecule has 1 N–H and O–H groups in total. The molecule has 0 radical (unpaired) electrons. The number of aromatic nitrogens is 1. The predicted molar refractivity (Wildman–Crippen MR) is 125 cm³/mol. The van der Waals surface area contributed by atoms with Crippen LogP contribution >= 0.6 is 0 Å². The molecule has 2 heterocycles. The maximum atomic E-state index is 13.3. The summed E-state index contributed by atoms with van der Waals surface area (Å²) in [6.07, 6.45) is 0.804. The van der Waals surface area contributed by atoms with Gasteiger partial charge < -0.3 is 19.4 Å². The van der Waals surface area contributed by atoms with Crippen LogP contribution in [0.5, 0.6) is 11.5 Å². The number of carbonyl (C=O) groups excluding carboxylic acids is 1. The number of para-hydroxylation sites is 2. The molecule has 5 nitrogen and oxygen atoms in total. The Kier molecular flexibility index (Phi) is 5.55. The number of nitrogens with zero attached hydrogens (tertiary/aromatic N) is 1. The van der Waals surface area contributed by atoms with E-state index < -0.39 is 0 Å². The highest BCUT2D eigenvalue weighted by Gasteiger charge is 2.34. The van der Waals surface area contributed by atoms with Gasteiger partial charge in [-0.25, -0.2) is 0 Å². The van der Waals surface area contributed by atoms with E-state index in [1.807, 2.05) is 66.4 Å². The van der Waals surface area contributed by atoms with E-state index in [2.05, 4.69) is 29.2 Å². The maximum Gasteiger partial charge on any atom is 0.261 e. The average molecular weight is 427 g/mol. The summed E-state index contributed by atoms with van der Waals surface area (Å²) < 4.78 is 11.5. The lowest BCUT2D eigenvalue weighted by Gasteiger charge is -2.36. The smallest absolute Gasteiger partial charge is 0.261 e. The van der Waals surface area contributed by atoms with Crippen molar-refractivity contribution in [2.75, 3.05) is 19.8 Å². The maximum absolute atomic E-state index is 13.3. The quantitative estimate of drug-likeness (QED) is 0.466. The van der Waals surface area contributed by atoms with E-state index in [1.54, 1.807) is 0 Å². The first kappa shape index (κ1) is 20.2. The lowest BCUT2D eigenvalue weighted by atomic mass is 9.92. The highest BCUT2D eigenvalue weighted by Crippen LogP contribution is 2.39. The normalized spacial score (nSPS) is 15.4. The van der Waals surface area contributed by atoms with Gasteiger partial charge in [-0.05, 0) is 54.8 Å². The Balaban J connectivity index is 1.52. The van der Waals surface area contributed by atoms with Gasteiger partial charge in [0.25, 0.3) is 5.91 Å². The van der Waals surface area contributed by atoms with E-state index in [1.165, 1.54) is 10.9 Å². The lowest BCUT2D eigenvalue weighted by Crippen LogP contribution is -2.42. The average Bonchev–Trinajstić information content (AvgIpc) is 3.22. The molecule has 0 aliphatic carbocycles. The minimum absolute atomic E-state index is 0.00122. The molecule has 4 aromatic rings. The van der Waals surface area contributed by atoms with Crippen LogP contribution in [0, 0.1) is 0 Å². The third kappa shape index (κ3) is 3.82. The molecule has 1 aliphatic heterocycles. The van der Waals surface area contributed by atoms with Gasteiger partial charge in [0.2, 0.25) is 0 Å². The third-order valence-corrected chi connectivity index (χ3v) is 5.95. The number of ether oxygens (including phenoxy) is 2. The second-order valence-corrected chi connectivity index (χ2v) is 7.91. The van der Waals surface area contributed by atoms with Crippen LogP contribution in [0.3, 0.4) is 0 Å². The summed E-state index contributed by atoms with van der Waals surface area (Å²) in [6, 6.07) is 25.6. The van der Waals surface area contributed by atoms with E-state index in [0.717, 1.165) is 28.9 Å². The van der Waals surface area contributed by atoms with Crippen molar-refractivity contribution >= 4 is 16.8 Å². The number of hydrogen-bond donors (Lipinski definition) is 1. The monoisotopic (exact) mass is 426 g/mol. The largest absolute Gasteiger partial charge is 0.494 e. The minimum atomic E-state index is -0.224. The van der Waals surface area contributed by atoms with Crippen LogP contribution in [0.2, 0.25) is 0 Å². The Bertz CT molecular complexity index is 1230. The van der Waals surface area contributed by atoms with E-state index in [4.69, 9.17) is 9.47 Å². The van der Waals surface area contributed by atoms with Crippen LogP contribution in [0.4, 0.5) is 0 Å². The first-order valence-electron chi connectivity index (χ1n) is 11.0. The van der Waals surface area contributed by atoms with E-state index >= 15 is 0 Å². The molecule has 0 spiro atoms. The van der Waals surface area contributed by atoms with Gasteiger partial charge in [0.05, 0.1) is 12.6 Å². The van der Waals surface area contributed by atoms with Gasteiger partial charge in [-0.1, -0.05) is 48.5 Å². The first-order chi connectivity index (χ1) is 15.7. The molecule has 0 bridgehead atoms. The Labute approximate surface area is 187 Å². The summed E-state index contributed by atoms with van der Waals surface area (Å²) >= 11 is 0. The molecule has 3 aromatic carbocycles. The number of benzene rings is 3. The number of fused-ring (bicyclic) bond motifs is 3. The molecule has 0 fully saturated rings. The van der Waals surface area contributed by atoms with E-state index in [-0.39, 0.29) is 18.6 Å². The molecule has 5 heteroatoms. The van der Waals surface area contributed by atoms with Crippen molar-refractivity contribution in [1.29, 1.82) is 0 Å². The highest BCUT2D eigenvalue weighted by molar-refractivity contribution is 5.87. The summed E-state index contributed by atoms with van der Waals surface area (Å²) in [5.74, 6) is 1.46. The van der Waals surface area contributed by atoms with Crippen LogP contribution in [0.15, 0.2) is 78.9 Å². The molecule has 0 saturated carbocycles. The lowest BCUT2D eigenvalue weighted by molar-refractivity contribution is -0.135. The van der Waals surface area contributed by atoms with Crippen molar-refractivity contribution in [3.8, 4) is 11.5 Å². The topological polar surface area (TPSA) is 54.6 Å². The van der Waals surface area contributed by atoms with Gasteiger partial charge in [0.15, 0.2) is 6.61 Å². The fraction of sp³-hybridized carbons (Fsp3) is 0.222. The van der Waals surface area contributed by atoms with E-state index in [0.29, 0.717) is 18.9 Å². The fourth-order valence-corrected chi connectivity index (χ4v) is 4.54. The minimum Gasteiger partial charge on any atom is -0.494 e. The van der Waals surface area contributed by atoms with E-state index in [9.17, 15) is 4.79 Å². The zero-order chi connectivity index (χ0) is 21.9. The SMILES string of the molecule is CCOc1cccc(C2c3[nH]c4ccccc4c3CCN2C(=O)COc2ccccc2)c1. The summed E-state index contributed by atoms with van der Waals surface area (Å²) in [6.45, 7) is 3.20. The van der Waals surface area contributed by atoms with Gasteiger partial charge in [-0.2, -0.15) is 0 Å². The van der Waals surface area contributed by atoms with Crippen molar-refractivity contribution in [2.45, 2.75) is 19.4 Å². The number of amides is 1. The Hall–Kier alpha value is -3.73. The third-order valence-electron chi connectivity index (χ3n) is 5.95. The van der Waals surface area contributed by atoms with Crippen molar-refractivity contribution in [2.24, 2.45) is 0 Å². The van der Waals surface area contributed by atoms with Crippen LogP contribution in [-0.4, -0.2) is 35.5 Å². The Morgan fingerprint density at radius 3 is 2.59 bits per heavy atom. The number of carbonyl (C=O) groups is 1. The van der Waals surface area contributed by atoms with Gasteiger partial charge in [-0.15, -0.1) is 0 Å².